The van der Waals surface area contributed by atoms with E-state index in [0.717, 1.165) is 27.1 Å². The first-order valence-electron chi connectivity index (χ1n) is 6.05. The highest BCUT2D eigenvalue weighted by Gasteiger charge is 2.21. The summed E-state index contributed by atoms with van der Waals surface area (Å²) in [4.78, 5) is 8.12. The van der Waals surface area contributed by atoms with Crippen LogP contribution in [0.2, 0.25) is 0 Å². The van der Waals surface area contributed by atoms with E-state index in [9.17, 15) is 0 Å². The van der Waals surface area contributed by atoms with E-state index in [1.807, 2.05) is 19.2 Å². The normalized spacial score (nSPS) is 12.0. The Bertz CT molecular complexity index is 578. The molecule has 1 atom stereocenters. The Hall–Kier alpha value is -1.66. The Morgan fingerprint density at radius 2 is 1.85 bits per heavy atom. The van der Waals surface area contributed by atoms with E-state index in [4.69, 9.17) is 9.47 Å². The highest BCUT2D eigenvalue weighted by atomic mass is 79.9. The second-order valence-corrected chi connectivity index (χ2v) is 4.89. The van der Waals surface area contributed by atoms with Crippen molar-refractivity contribution in [1.82, 2.24) is 15.3 Å². The summed E-state index contributed by atoms with van der Waals surface area (Å²) < 4.78 is 11.6. The van der Waals surface area contributed by atoms with Gasteiger partial charge in [-0.1, -0.05) is 0 Å². The molecule has 6 heteroatoms. The van der Waals surface area contributed by atoms with Crippen LogP contribution in [0.3, 0.4) is 0 Å². The largest absolute Gasteiger partial charge is 0.495 e. The van der Waals surface area contributed by atoms with Gasteiger partial charge < -0.3 is 14.8 Å². The maximum absolute atomic E-state index is 5.52. The molecule has 1 heterocycles. The van der Waals surface area contributed by atoms with Crippen LogP contribution in [0.5, 0.6) is 11.5 Å². The minimum atomic E-state index is -0.0617. The van der Waals surface area contributed by atoms with Gasteiger partial charge in [0.05, 0.1) is 20.3 Å². The van der Waals surface area contributed by atoms with Crippen molar-refractivity contribution in [2.45, 2.75) is 6.04 Å². The molecule has 0 saturated heterocycles. The number of hydrogen-bond donors (Lipinski definition) is 1. The van der Waals surface area contributed by atoms with Gasteiger partial charge in [0.1, 0.15) is 22.3 Å². The third kappa shape index (κ3) is 2.76. The van der Waals surface area contributed by atoms with Gasteiger partial charge in [-0.15, -0.1) is 0 Å². The van der Waals surface area contributed by atoms with Crippen molar-refractivity contribution >= 4 is 15.9 Å². The van der Waals surface area contributed by atoms with E-state index in [2.05, 4.69) is 31.2 Å². The number of methoxy groups -OCH3 is 2. The van der Waals surface area contributed by atoms with Crippen LogP contribution in [0, 0.1) is 0 Å². The predicted octanol–water partition coefficient (Wildman–Crippen LogP) is 2.57. The fourth-order valence-corrected chi connectivity index (χ4v) is 2.79. The zero-order valence-corrected chi connectivity index (χ0v) is 13.1. The van der Waals surface area contributed by atoms with Crippen LogP contribution in [0.25, 0.3) is 0 Å². The van der Waals surface area contributed by atoms with E-state index in [1.54, 1.807) is 26.6 Å². The van der Waals surface area contributed by atoms with E-state index < -0.39 is 0 Å². The quantitative estimate of drug-likeness (QED) is 0.908. The molecule has 0 amide bonds. The maximum atomic E-state index is 5.52. The monoisotopic (exact) mass is 337 g/mol. The van der Waals surface area contributed by atoms with Gasteiger partial charge in [0.25, 0.3) is 0 Å². The molecule has 0 radical (unpaired) electrons. The molecule has 106 valence electrons. The van der Waals surface area contributed by atoms with Gasteiger partial charge in [0.15, 0.2) is 0 Å². The average Bonchev–Trinajstić information content (AvgIpc) is 2.49. The number of nitrogens with one attached hydrogen (secondary N) is 1. The van der Waals surface area contributed by atoms with Crippen LogP contribution in [-0.4, -0.2) is 31.2 Å². The first-order valence-corrected chi connectivity index (χ1v) is 6.84. The molecule has 1 N–H and O–H groups in total. The second kappa shape index (κ2) is 6.67. The van der Waals surface area contributed by atoms with Gasteiger partial charge in [-0.3, -0.25) is 0 Å². The van der Waals surface area contributed by atoms with Gasteiger partial charge in [0.2, 0.25) is 0 Å². The summed E-state index contributed by atoms with van der Waals surface area (Å²) in [5.41, 5.74) is 1.95. The number of aromatic nitrogens is 2. The molecule has 1 aromatic heterocycles. The van der Waals surface area contributed by atoms with Crippen molar-refractivity contribution in [3.8, 4) is 11.5 Å². The zero-order chi connectivity index (χ0) is 14.5. The topological polar surface area (TPSA) is 56.3 Å². The standard InChI is InChI=1S/C14H16BrN3O2/c1-16-13(9-6-17-8-18-7-9)10-4-5-11(19-2)12(15)14(10)20-3/h4-8,13,16H,1-3H3. The van der Waals surface area contributed by atoms with Crippen molar-refractivity contribution in [2.75, 3.05) is 21.3 Å². The molecule has 0 aliphatic carbocycles. The molecule has 2 aromatic rings. The molecule has 1 aromatic carbocycles. The number of rotatable bonds is 5. The first-order chi connectivity index (χ1) is 9.72. The van der Waals surface area contributed by atoms with Crippen molar-refractivity contribution < 1.29 is 9.47 Å². The highest BCUT2D eigenvalue weighted by molar-refractivity contribution is 9.10. The summed E-state index contributed by atoms with van der Waals surface area (Å²) >= 11 is 3.51. The predicted molar refractivity (Wildman–Crippen MR) is 80.2 cm³/mol. The molecule has 0 spiro atoms. The van der Waals surface area contributed by atoms with Crippen LogP contribution in [0.1, 0.15) is 17.2 Å². The lowest BCUT2D eigenvalue weighted by atomic mass is 10.00. The summed E-state index contributed by atoms with van der Waals surface area (Å²) in [5, 5.41) is 3.25. The molecule has 0 aliphatic heterocycles. The zero-order valence-electron chi connectivity index (χ0n) is 11.6. The molecule has 0 fully saturated rings. The fourth-order valence-electron chi connectivity index (χ4n) is 2.11. The lowest BCUT2D eigenvalue weighted by Gasteiger charge is -2.21. The van der Waals surface area contributed by atoms with Crippen LogP contribution in [0.4, 0.5) is 0 Å². The maximum Gasteiger partial charge on any atom is 0.141 e. The van der Waals surface area contributed by atoms with Crippen molar-refractivity contribution in [3.05, 3.63) is 46.5 Å². The van der Waals surface area contributed by atoms with Crippen LogP contribution >= 0.6 is 15.9 Å². The highest BCUT2D eigenvalue weighted by Crippen LogP contribution is 2.40. The Labute approximate surface area is 126 Å². The summed E-state index contributed by atoms with van der Waals surface area (Å²) in [6, 6.07) is 3.81. The van der Waals surface area contributed by atoms with Crippen molar-refractivity contribution in [2.24, 2.45) is 0 Å². The molecule has 2 rings (SSSR count). The fraction of sp³-hybridized carbons (Fsp3) is 0.286. The Kier molecular flexibility index (Phi) is 4.92. The SMILES string of the molecule is CNC(c1cncnc1)c1ccc(OC)c(Br)c1OC. The third-order valence-corrected chi connectivity index (χ3v) is 3.78. The molecule has 20 heavy (non-hydrogen) atoms. The summed E-state index contributed by atoms with van der Waals surface area (Å²) in [7, 11) is 5.15. The van der Waals surface area contributed by atoms with Gasteiger partial charge in [-0.05, 0) is 35.1 Å². The smallest absolute Gasteiger partial charge is 0.141 e. The number of ether oxygens (including phenoxy) is 2. The molecule has 0 aliphatic rings. The molecule has 5 nitrogen and oxygen atoms in total. The minimum Gasteiger partial charge on any atom is -0.495 e. The van der Waals surface area contributed by atoms with Crippen molar-refractivity contribution in [3.63, 3.8) is 0 Å². The second-order valence-electron chi connectivity index (χ2n) is 4.10. The van der Waals surface area contributed by atoms with Crippen LogP contribution in [-0.2, 0) is 0 Å². The van der Waals surface area contributed by atoms with E-state index in [0.29, 0.717) is 0 Å². The van der Waals surface area contributed by atoms with E-state index in [-0.39, 0.29) is 6.04 Å². The average molecular weight is 338 g/mol. The lowest BCUT2D eigenvalue weighted by molar-refractivity contribution is 0.383. The summed E-state index contributed by atoms with van der Waals surface area (Å²) in [5.74, 6) is 1.46. The van der Waals surface area contributed by atoms with Crippen LogP contribution < -0.4 is 14.8 Å². The molecular formula is C14H16BrN3O2. The van der Waals surface area contributed by atoms with Gasteiger partial charge in [-0.25, -0.2) is 9.97 Å². The van der Waals surface area contributed by atoms with Gasteiger partial charge >= 0.3 is 0 Å². The Balaban J connectivity index is 2.53. The Morgan fingerprint density at radius 3 is 2.40 bits per heavy atom. The van der Waals surface area contributed by atoms with Gasteiger partial charge in [0, 0.05) is 23.5 Å². The van der Waals surface area contributed by atoms with Crippen molar-refractivity contribution in [1.29, 1.82) is 0 Å². The Morgan fingerprint density at radius 1 is 1.15 bits per heavy atom. The summed E-state index contributed by atoms with van der Waals surface area (Å²) in [6.07, 6.45) is 5.08. The third-order valence-electron chi connectivity index (χ3n) is 3.03. The lowest BCUT2D eigenvalue weighted by Crippen LogP contribution is -2.19. The van der Waals surface area contributed by atoms with Crippen LogP contribution in [0.15, 0.2) is 35.3 Å². The number of nitrogens with zero attached hydrogens (tertiary/aromatic N) is 2. The van der Waals surface area contributed by atoms with E-state index >= 15 is 0 Å². The summed E-state index contributed by atoms with van der Waals surface area (Å²) in [6.45, 7) is 0. The number of halogens is 1. The molecule has 1 unspecified atom stereocenters. The minimum absolute atomic E-state index is 0.0617. The molecular weight excluding hydrogens is 322 g/mol. The molecule has 0 saturated carbocycles. The number of benzene rings is 1. The van der Waals surface area contributed by atoms with Gasteiger partial charge in [-0.2, -0.15) is 0 Å². The van der Waals surface area contributed by atoms with E-state index in [1.165, 1.54) is 6.33 Å². The molecule has 0 bridgehead atoms. The first kappa shape index (κ1) is 14.7. The number of hydrogen-bond acceptors (Lipinski definition) is 5.